The van der Waals surface area contributed by atoms with Crippen molar-refractivity contribution in [3.05, 3.63) is 87.1 Å². The summed E-state index contributed by atoms with van der Waals surface area (Å²) >= 11 is 6.11. The molecule has 0 aliphatic heterocycles. The number of anilines is 1. The van der Waals surface area contributed by atoms with Crippen molar-refractivity contribution in [2.75, 3.05) is 5.32 Å². The first-order valence-electron chi connectivity index (χ1n) is 10.2. The highest BCUT2D eigenvalue weighted by Crippen LogP contribution is 2.25. The highest BCUT2D eigenvalue weighted by molar-refractivity contribution is 6.34. The molecular formula is C23H22ClN5O3. The fourth-order valence-corrected chi connectivity index (χ4v) is 3.52. The van der Waals surface area contributed by atoms with E-state index in [1.54, 1.807) is 47.4 Å². The number of hydrogen-bond donors (Lipinski definition) is 1. The lowest BCUT2D eigenvalue weighted by Crippen LogP contribution is -2.22. The quantitative estimate of drug-likeness (QED) is 0.457. The Morgan fingerprint density at radius 1 is 1.19 bits per heavy atom. The van der Waals surface area contributed by atoms with Crippen LogP contribution in [-0.2, 0) is 13.2 Å². The molecule has 1 N–H and O–H groups in total. The lowest BCUT2D eigenvalue weighted by Gasteiger charge is -2.12. The van der Waals surface area contributed by atoms with Gasteiger partial charge in [-0.15, -0.1) is 0 Å². The summed E-state index contributed by atoms with van der Waals surface area (Å²) in [5, 5.41) is 3.21. The summed E-state index contributed by atoms with van der Waals surface area (Å²) < 4.78 is 9.10. The van der Waals surface area contributed by atoms with Gasteiger partial charge in [0.25, 0.3) is 17.2 Å². The number of carbonyl (C=O) groups is 1. The summed E-state index contributed by atoms with van der Waals surface area (Å²) in [5.41, 5.74) is 2.10. The van der Waals surface area contributed by atoms with Gasteiger partial charge in [-0.2, -0.15) is 9.50 Å². The Morgan fingerprint density at radius 2 is 2.00 bits per heavy atom. The molecule has 0 radical (unpaired) electrons. The number of amides is 1. The molecule has 0 fully saturated rings. The first-order valence-corrected chi connectivity index (χ1v) is 10.6. The van der Waals surface area contributed by atoms with Gasteiger partial charge in [0.05, 0.1) is 16.3 Å². The van der Waals surface area contributed by atoms with Crippen molar-refractivity contribution in [3.63, 3.8) is 0 Å². The van der Waals surface area contributed by atoms with Crippen molar-refractivity contribution in [2.24, 2.45) is 0 Å². The summed E-state index contributed by atoms with van der Waals surface area (Å²) in [6.07, 6.45) is 2.48. The molecule has 0 bridgehead atoms. The van der Waals surface area contributed by atoms with Crippen LogP contribution in [0, 0.1) is 6.92 Å². The molecule has 9 heteroatoms. The van der Waals surface area contributed by atoms with Crippen molar-refractivity contribution >= 4 is 29.0 Å². The number of rotatable bonds is 7. The topological polar surface area (TPSA) is 90.5 Å². The largest absolute Gasteiger partial charge is 0.487 e. The molecule has 0 saturated heterocycles. The Labute approximate surface area is 189 Å². The molecule has 0 saturated carbocycles. The molecule has 0 atom stereocenters. The van der Waals surface area contributed by atoms with Gasteiger partial charge in [-0.25, -0.2) is 4.98 Å². The van der Waals surface area contributed by atoms with Crippen LogP contribution in [0.5, 0.6) is 5.75 Å². The van der Waals surface area contributed by atoms with Crippen LogP contribution >= 0.6 is 11.6 Å². The van der Waals surface area contributed by atoms with E-state index < -0.39 is 0 Å². The maximum absolute atomic E-state index is 12.5. The summed E-state index contributed by atoms with van der Waals surface area (Å²) in [5.74, 6) is 0.593. The van der Waals surface area contributed by atoms with E-state index in [0.29, 0.717) is 40.0 Å². The Bertz CT molecular complexity index is 1350. The van der Waals surface area contributed by atoms with E-state index in [9.17, 15) is 9.59 Å². The van der Waals surface area contributed by atoms with Crippen LogP contribution < -0.4 is 15.6 Å². The molecule has 4 rings (SSSR count). The van der Waals surface area contributed by atoms with Crippen LogP contribution in [0.15, 0.2) is 59.7 Å². The van der Waals surface area contributed by atoms with Crippen molar-refractivity contribution in [1.82, 2.24) is 19.2 Å². The zero-order valence-electron chi connectivity index (χ0n) is 17.7. The van der Waals surface area contributed by atoms with Gasteiger partial charge in [-0.3, -0.25) is 14.3 Å². The smallest absolute Gasteiger partial charge is 0.274 e. The molecule has 0 aliphatic carbocycles. The molecule has 2 aromatic heterocycles. The maximum atomic E-state index is 12.5. The van der Waals surface area contributed by atoms with Crippen molar-refractivity contribution in [2.45, 2.75) is 33.4 Å². The van der Waals surface area contributed by atoms with Gasteiger partial charge in [-0.05, 0) is 37.1 Å². The molecule has 2 aromatic carbocycles. The summed E-state index contributed by atoms with van der Waals surface area (Å²) in [4.78, 5) is 33.7. The molecule has 164 valence electrons. The Hall–Kier alpha value is -3.65. The lowest BCUT2D eigenvalue weighted by molar-refractivity contribution is 0.102. The summed E-state index contributed by atoms with van der Waals surface area (Å²) in [6, 6.07) is 13.6. The Kier molecular flexibility index (Phi) is 6.23. The van der Waals surface area contributed by atoms with E-state index in [1.807, 2.05) is 19.9 Å². The van der Waals surface area contributed by atoms with Crippen molar-refractivity contribution < 1.29 is 9.53 Å². The zero-order valence-corrected chi connectivity index (χ0v) is 18.5. The zero-order chi connectivity index (χ0) is 22.7. The van der Waals surface area contributed by atoms with E-state index in [4.69, 9.17) is 16.3 Å². The molecule has 4 aromatic rings. The van der Waals surface area contributed by atoms with E-state index in [-0.39, 0.29) is 18.1 Å². The van der Waals surface area contributed by atoms with Gasteiger partial charge >= 0.3 is 0 Å². The van der Waals surface area contributed by atoms with Gasteiger partial charge in [0.15, 0.2) is 0 Å². The van der Waals surface area contributed by atoms with Crippen LogP contribution in [0.3, 0.4) is 0 Å². The summed E-state index contributed by atoms with van der Waals surface area (Å²) in [7, 11) is 0. The second-order valence-corrected chi connectivity index (χ2v) is 7.72. The molecule has 2 heterocycles. The predicted molar refractivity (Wildman–Crippen MR) is 122 cm³/mol. The SMILES string of the molecule is CCCn1cnc2nc(COc3cc(NC(=O)c4ccccc4Cl)ccc3C)cc(=O)n21. The normalized spacial score (nSPS) is 11.0. The number of nitrogens with one attached hydrogen (secondary N) is 1. The lowest BCUT2D eigenvalue weighted by atomic mass is 10.1. The molecule has 0 spiro atoms. The monoisotopic (exact) mass is 451 g/mol. The molecular weight excluding hydrogens is 430 g/mol. The fraction of sp³-hybridized carbons (Fsp3) is 0.217. The second-order valence-electron chi connectivity index (χ2n) is 7.31. The van der Waals surface area contributed by atoms with Gasteiger partial charge in [0.1, 0.15) is 18.7 Å². The second kappa shape index (κ2) is 9.23. The van der Waals surface area contributed by atoms with E-state index >= 15 is 0 Å². The number of aryl methyl sites for hydroxylation is 2. The van der Waals surface area contributed by atoms with Crippen LogP contribution in [0.4, 0.5) is 5.69 Å². The highest BCUT2D eigenvalue weighted by Gasteiger charge is 2.12. The van der Waals surface area contributed by atoms with Crippen LogP contribution in [-0.4, -0.2) is 25.1 Å². The first kappa shape index (κ1) is 21.6. The molecule has 0 unspecified atom stereocenters. The average molecular weight is 452 g/mol. The molecule has 0 aliphatic rings. The molecule has 1 amide bonds. The van der Waals surface area contributed by atoms with Gasteiger partial charge in [0.2, 0.25) is 0 Å². The fourth-order valence-electron chi connectivity index (χ4n) is 3.29. The van der Waals surface area contributed by atoms with E-state index in [0.717, 1.165) is 12.0 Å². The Morgan fingerprint density at radius 3 is 2.78 bits per heavy atom. The molecule has 32 heavy (non-hydrogen) atoms. The number of halogens is 1. The third-order valence-corrected chi connectivity index (χ3v) is 5.22. The number of fused-ring (bicyclic) bond motifs is 1. The number of nitrogens with zero attached hydrogens (tertiary/aromatic N) is 4. The number of carbonyl (C=O) groups excluding carboxylic acids is 1. The minimum atomic E-state index is -0.312. The number of hydrogen-bond acceptors (Lipinski definition) is 5. The van der Waals surface area contributed by atoms with Crippen LogP contribution in [0.25, 0.3) is 5.78 Å². The van der Waals surface area contributed by atoms with Gasteiger partial charge < -0.3 is 10.1 Å². The predicted octanol–water partition coefficient (Wildman–Crippen LogP) is 4.09. The molecule has 8 nitrogen and oxygen atoms in total. The van der Waals surface area contributed by atoms with Crippen molar-refractivity contribution in [1.29, 1.82) is 0 Å². The number of benzene rings is 2. The van der Waals surface area contributed by atoms with E-state index in [1.165, 1.54) is 10.6 Å². The average Bonchev–Trinajstić information content (AvgIpc) is 3.18. The first-order chi connectivity index (χ1) is 15.5. The number of aromatic nitrogens is 4. The number of ether oxygens (including phenoxy) is 1. The standard InChI is InChI=1S/C23H22ClN5O3/c1-3-10-28-14-25-23-27-17(12-21(30)29(23)28)13-32-20-11-16(9-8-15(20)2)26-22(31)18-6-4-5-7-19(18)24/h4-9,11-12,14H,3,10,13H2,1-2H3,(H,26,31). The Balaban J connectivity index is 1.51. The van der Waals surface area contributed by atoms with Crippen molar-refractivity contribution in [3.8, 4) is 5.75 Å². The minimum Gasteiger partial charge on any atom is -0.487 e. The van der Waals surface area contributed by atoms with Crippen LogP contribution in [0.1, 0.15) is 35.0 Å². The highest BCUT2D eigenvalue weighted by atomic mass is 35.5. The van der Waals surface area contributed by atoms with Gasteiger partial charge in [0, 0.05) is 24.4 Å². The van der Waals surface area contributed by atoms with E-state index in [2.05, 4.69) is 15.3 Å². The van der Waals surface area contributed by atoms with Crippen LogP contribution in [0.2, 0.25) is 5.02 Å². The summed E-state index contributed by atoms with van der Waals surface area (Å²) in [6.45, 7) is 4.70. The third kappa shape index (κ3) is 4.50. The third-order valence-electron chi connectivity index (χ3n) is 4.89. The minimum absolute atomic E-state index is 0.0924. The maximum Gasteiger partial charge on any atom is 0.274 e. The van der Waals surface area contributed by atoms with Gasteiger partial charge in [-0.1, -0.05) is 36.7 Å².